The van der Waals surface area contributed by atoms with Crippen molar-refractivity contribution in [2.45, 2.75) is 82.3 Å². The molecule has 4 nitrogen and oxygen atoms in total. The van der Waals surface area contributed by atoms with Crippen LogP contribution in [0.15, 0.2) is 0 Å². The van der Waals surface area contributed by atoms with Crippen LogP contribution in [-0.4, -0.2) is 28.7 Å². The topological polar surface area (TPSA) is 75.3 Å². The number of rotatable bonds is 4. The molecule has 0 aromatic rings. The standard InChI is InChI=1S/C16H30N2O2/c1-2-13-6-10-15(20,11-7-13)12-18-14(19)16(17)8-4-3-5-9-16/h13,20H,2-12,17H2,1H3,(H,18,19). The Morgan fingerprint density at radius 2 is 1.80 bits per heavy atom. The van der Waals surface area contributed by atoms with Gasteiger partial charge in [-0.1, -0.05) is 32.6 Å². The van der Waals surface area contributed by atoms with Crippen molar-refractivity contribution in [3.05, 3.63) is 0 Å². The van der Waals surface area contributed by atoms with Crippen LogP contribution in [0.3, 0.4) is 0 Å². The molecule has 2 aliphatic rings. The highest BCUT2D eigenvalue weighted by Gasteiger charge is 2.38. The third-order valence-corrected chi connectivity index (χ3v) is 5.39. The van der Waals surface area contributed by atoms with Gasteiger partial charge in [-0.2, -0.15) is 0 Å². The Balaban J connectivity index is 1.81. The van der Waals surface area contributed by atoms with E-state index in [2.05, 4.69) is 12.2 Å². The third-order valence-electron chi connectivity index (χ3n) is 5.39. The van der Waals surface area contributed by atoms with Gasteiger partial charge < -0.3 is 16.2 Å². The van der Waals surface area contributed by atoms with Crippen LogP contribution in [-0.2, 0) is 4.79 Å². The molecule has 2 fully saturated rings. The fourth-order valence-electron chi connectivity index (χ4n) is 3.63. The van der Waals surface area contributed by atoms with E-state index < -0.39 is 11.1 Å². The first kappa shape index (κ1) is 15.8. The number of aliphatic hydroxyl groups is 1. The van der Waals surface area contributed by atoms with E-state index in [0.717, 1.165) is 57.3 Å². The maximum atomic E-state index is 12.3. The van der Waals surface area contributed by atoms with Gasteiger partial charge in [-0.05, 0) is 44.4 Å². The van der Waals surface area contributed by atoms with E-state index in [-0.39, 0.29) is 5.91 Å². The summed E-state index contributed by atoms with van der Waals surface area (Å²) < 4.78 is 0. The predicted octanol–water partition coefficient (Wildman–Crippen LogP) is 2.10. The van der Waals surface area contributed by atoms with Crippen LogP contribution in [0.25, 0.3) is 0 Å². The van der Waals surface area contributed by atoms with Gasteiger partial charge >= 0.3 is 0 Å². The summed E-state index contributed by atoms with van der Waals surface area (Å²) in [6.07, 6.45) is 9.70. The van der Waals surface area contributed by atoms with Gasteiger partial charge in [-0.15, -0.1) is 0 Å². The molecule has 0 bridgehead atoms. The fraction of sp³-hybridized carbons (Fsp3) is 0.938. The second-order valence-corrected chi connectivity index (χ2v) is 6.98. The quantitative estimate of drug-likeness (QED) is 0.739. The summed E-state index contributed by atoms with van der Waals surface area (Å²) in [5, 5.41) is 13.5. The van der Waals surface area contributed by atoms with Crippen molar-refractivity contribution in [1.82, 2.24) is 5.32 Å². The number of hydrogen-bond acceptors (Lipinski definition) is 3. The Kier molecular flexibility index (Phi) is 5.08. The number of nitrogens with two attached hydrogens (primary N) is 1. The normalized spacial score (nSPS) is 33.6. The Hall–Kier alpha value is -0.610. The summed E-state index contributed by atoms with van der Waals surface area (Å²) in [4.78, 5) is 12.3. The van der Waals surface area contributed by atoms with Gasteiger partial charge in [-0.25, -0.2) is 0 Å². The number of amides is 1. The summed E-state index contributed by atoms with van der Waals surface area (Å²) in [7, 11) is 0. The van der Waals surface area contributed by atoms with Crippen molar-refractivity contribution >= 4 is 5.91 Å². The summed E-state index contributed by atoms with van der Waals surface area (Å²) >= 11 is 0. The lowest BCUT2D eigenvalue weighted by Gasteiger charge is -2.37. The lowest BCUT2D eigenvalue weighted by molar-refractivity contribution is -0.129. The van der Waals surface area contributed by atoms with Gasteiger partial charge in [0.15, 0.2) is 0 Å². The van der Waals surface area contributed by atoms with Crippen LogP contribution in [0.2, 0.25) is 0 Å². The third kappa shape index (κ3) is 3.73. The zero-order valence-electron chi connectivity index (χ0n) is 12.8. The molecule has 2 saturated carbocycles. The van der Waals surface area contributed by atoms with Crippen molar-refractivity contribution in [1.29, 1.82) is 0 Å². The smallest absolute Gasteiger partial charge is 0.240 e. The first-order valence-corrected chi connectivity index (χ1v) is 8.27. The first-order chi connectivity index (χ1) is 9.47. The Morgan fingerprint density at radius 3 is 2.35 bits per heavy atom. The molecule has 4 N–H and O–H groups in total. The molecule has 0 aliphatic heterocycles. The Morgan fingerprint density at radius 1 is 1.20 bits per heavy atom. The Bertz CT molecular complexity index is 329. The minimum absolute atomic E-state index is 0.0664. The van der Waals surface area contributed by atoms with E-state index in [1.54, 1.807) is 0 Å². The maximum Gasteiger partial charge on any atom is 0.240 e. The molecule has 20 heavy (non-hydrogen) atoms. The fourth-order valence-corrected chi connectivity index (χ4v) is 3.63. The van der Waals surface area contributed by atoms with E-state index in [4.69, 9.17) is 5.73 Å². The molecule has 0 aromatic heterocycles. The van der Waals surface area contributed by atoms with E-state index in [1.165, 1.54) is 12.8 Å². The monoisotopic (exact) mass is 282 g/mol. The second kappa shape index (κ2) is 6.44. The van der Waals surface area contributed by atoms with Gasteiger partial charge in [0.2, 0.25) is 5.91 Å². The second-order valence-electron chi connectivity index (χ2n) is 6.98. The molecule has 1 amide bonds. The molecule has 0 aromatic carbocycles. The van der Waals surface area contributed by atoms with E-state index in [9.17, 15) is 9.90 Å². The number of hydrogen-bond donors (Lipinski definition) is 3. The lowest BCUT2D eigenvalue weighted by Crippen LogP contribution is -2.57. The summed E-state index contributed by atoms with van der Waals surface area (Å²) in [6, 6.07) is 0. The van der Waals surface area contributed by atoms with Crippen LogP contribution in [0.1, 0.15) is 71.1 Å². The lowest BCUT2D eigenvalue weighted by atomic mass is 9.77. The van der Waals surface area contributed by atoms with Crippen molar-refractivity contribution in [3.8, 4) is 0 Å². The highest BCUT2D eigenvalue weighted by molar-refractivity contribution is 5.86. The minimum Gasteiger partial charge on any atom is -0.388 e. The summed E-state index contributed by atoms with van der Waals surface area (Å²) in [6.45, 7) is 2.57. The Labute approximate surface area is 122 Å². The van der Waals surface area contributed by atoms with Crippen molar-refractivity contribution < 1.29 is 9.90 Å². The van der Waals surface area contributed by atoms with Gasteiger partial charge in [-0.3, -0.25) is 4.79 Å². The van der Waals surface area contributed by atoms with Gasteiger partial charge in [0, 0.05) is 6.54 Å². The molecule has 0 spiro atoms. The molecule has 0 atom stereocenters. The minimum atomic E-state index is -0.716. The maximum absolute atomic E-state index is 12.3. The number of carbonyl (C=O) groups is 1. The molecule has 0 heterocycles. The largest absolute Gasteiger partial charge is 0.388 e. The summed E-state index contributed by atoms with van der Waals surface area (Å²) in [5.74, 6) is 0.674. The molecular weight excluding hydrogens is 252 g/mol. The highest BCUT2D eigenvalue weighted by Crippen LogP contribution is 2.33. The molecule has 0 radical (unpaired) electrons. The van der Waals surface area contributed by atoms with Crippen molar-refractivity contribution in [2.24, 2.45) is 11.7 Å². The van der Waals surface area contributed by atoms with Crippen LogP contribution in [0, 0.1) is 5.92 Å². The molecule has 116 valence electrons. The average molecular weight is 282 g/mol. The average Bonchev–Trinajstić information content (AvgIpc) is 2.46. The van der Waals surface area contributed by atoms with Crippen molar-refractivity contribution in [2.75, 3.05) is 6.54 Å². The van der Waals surface area contributed by atoms with Gasteiger partial charge in [0.05, 0.1) is 11.1 Å². The molecule has 0 unspecified atom stereocenters. The number of carbonyl (C=O) groups excluding carboxylic acids is 1. The molecule has 4 heteroatoms. The highest BCUT2D eigenvalue weighted by atomic mass is 16.3. The van der Waals surface area contributed by atoms with E-state index >= 15 is 0 Å². The first-order valence-electron chi connectivity index (χ1n) is 8.27. The van der Waals surface area contributed by atoms with Gasteiger partial charge in [0.1, 0.15) is 0 Å². The van der Waals surface area contributed by atoms with E-state index in [1.807, 2.05) is 0 Å². The zero-order valence-corrected chi connectivity index (χ0v) is 12.8. The van der Waals surface area contributed by atoms with Crippen LogP contribution in [0.4, 0.5) is 0 Å². The predicted molar refractivity (Wildman–Crippen MR) is 80.2 cm³/mol. The van der Waals surface area contributed by atoms with Crippen LogP contribution in [0.5, 0.6) is 0 Å². The van der Waals surface area contributed by atoms with Crippen LogP contribution < -0.4 is 11.1 Å². The summed E-state index contributed by atoms with van der Waals surface area (Å²) in [5.41, 5.74) is 4.80. The number of nitrogens with one attached hydrogen (secondary N) is 1. The molecule has 2 aliphatic carbocycles. The molecular formula is C16H30N2O2. The van der Waals surface area contributed by atoms with Gasteiger partial charge in [0.25, 0.3) is 0 Å². The van der Waals surface area contributed by atoms with Crippen molar-refractivity contribution in [3.63, 3.8) is 0 Å². The molecule has 2 rings (SSSR count). The molecule has 0 saturated heterocycles. The SMILES string of the molecule is CCC1CCC(O)(CNC(=O)C2(N)CCCCC2)CC1. The zero-order chi connectivity index (χ0) is 14.6. The van der Waals surface area contributed by atoms with E-state index in [0.29, 0.717) is 6.54 Å². The van der Waals surface area contributed by atoms with Crippen LogP contribution >= 0.6 is 0 Å².